The molecule has 0 atom stereocenters. The van der Waals surface area contributed by atoms with E-state index in [1.165, 1.54) is 0 Å². The summed E-state index contributed by atoms with van der Waals surface area (Å²) in [6.45, 7) is 5.91. The molecule has 6 heteroatoms. The second kappa shape index (κ2) is 3.48. The number of nitrogens with one attached hydrogen (secondary N) is 1. The Labute approximate surface area is 102 Å². The van der Waals surface area contributed by atoms with Crippen molar-refractivity contribution >= 4 is 15.8 Å². The average molecular weight is 257 g/mol. The quantitative estimate of drug-likeness (QED) is 0.897. The summed E-state index contributed by atoms with van der Waals surface area (Å²) in [7, 11) is -1.61. The van der Waals surface area contributed by atoms with Gasteiger partial charge in [0, 0.05) is 19.3 Å². The first-order chi connectivity index (χ1) is 7.68. The molecule has 1 aliphatic rings. The molecular formula is C11H19N3O2S. The predicted molar refractivity (Wildman–Crippen MR) is 67.2 cm³/mol. The van der Waals surface area contributed by atoms with Crippen molar-refractivity contribution in [1.29, 1.82) is 0 Å². The Morgan fingerprint density at radius 3 is 2.35 bits per heavy atom. The Morgan fingerprint density at radius 2 is 2.00 bits per heavy atom. The van der Waals surface area contributed by atoms with E-state index in [0.717, 1.165) is 12.8 Å². The van der Waals surface area contributed by atoms with E-state index in [4.69, 9.17) is 0 Å². The normalized spacial score (nSPS) is 19.1. The van der Waals surface area contributed by atoms with Crippen LogP contribution >= 0.6 is 0 Å². The first-order valence-corrected chi connectivity index (χ1v) is 7.18. The van der Waals surface area contributed by atoms with Gasteiger partial charge in [0.2, 0.25) is 10.0 Å². The summed E-state index contributed by atoms with van der Waals surface area (Å²) in [5, 5.41) is 4.05. The lowest BCUT2D eigenvalue weighted by atomic mass is 9.90. The molecule has 0 radical (unpaired) electrons. The van der Waals surface area contributed by atoms with Crippen molar-refractivity contribution in [3.63, 3.8) is 0 Å². The van der Waals surface area contributed by atoms with E-state index in [1.807, 2.05) is 20.8 Å². The van der Waals surface area contributed by atoms with E-state index in [1.54, 1.807) is 24.0 Å². The summed E-state index contributed by atoms with van der Waals surface area (Å²) in [5.41, 5.74) is -0.256. The van der Waals surface area contributed by atoms with Gasteiger partial charge in [0.05, 0.1) is 4.75 Å². The summed E-state index contributed by atoms with van der Waals surface area (Å²) in [5.74, 6) is 0.392. The van der Waals surface area contributed by atoms with Crippen LogP contribution in [0.5, 0.6) is 0 Å². The molecule has 5 nitrogen and oxygen atoms in total. The highest BCUT2D eigenvalue weighted by Crippen LogP contribution is 2.55. The highest BCUT2D eigenvalue weighted by molar-refractivity contribution is 7.94. The van der Waals surface area contributed by atoms with Crippen molar-refractivity contribution in [3.05, 3.63) is 12.3 Å². The van der Waals surface area contributed by atoms with E-state index in [-0.39, 0.29) is 5.41 Å². The molecule has 0 amide bonds. The molecule has 1 aromatic rings. The summed E-state index contributed by atoms with van der Waals surface area (Å²) >= 11 is 0. The summed E-state index contributed by atoms with van der Waals surface area (Å²) in [6, 6.07) is 1.66. The van der Waals surface area contributed by atoms with Gasteiger partial charge in [-0.25, -0.2) is 8.42 Å². The molecule has 0 spiro atoms. The molecule has 1 aliphatic carbocycles. The molecule has 1 fully saturated rings. The third kappa shape index (κ3) is 1.94. The van der Waals surface area contributed by atoms with Crippen molar-refractivity contribution in [2.75, 3.05) is 4.72 Å². The highest BCUT2D eigenvalue weighted by Gasteiger charge is 2.62. The van der Waals surface area contributed by atoms with E-state index in [9.17, 15) is 8.42 Å². The number of aryl methyl sites for hydroxylation is 1. The van der Waals surface area contributed by atoms with Gasteiger partial charge in [0.25, 0.3) is 0 Å². The van der Waals surface area contributed by atoms with Crippen LogP contribution in [0.15, 0.2) is 12.3 Å². The number of sulfonamides is 1. The molecule has 17 heavy (non-hydrogen) atoms. The predicted octanol–water partition coefficient (Wildman–Crippen LogP) is 1.74. The first kappa shape index (κ1) is 12.4. The van der Waals surface area contributed by atoms with Crippen LogP contribution in [0.3, 0.4) is 0 Å². The van der Waals surface area contributed by atoms with Gasteiger partial charge in [0.1, 0.15) is 0 Å². The molecule has 1 heterocycles. The third-order valence-electron chi connectivity index (χ3n) is 3.54. The Kier molecular flexibility index (Phi) is 2.54. The van der Waals surface area contributed by atoms with Gasteiger partial charge in [-0.15, -0.1) is 0 Å². The van der Waals surface area contributed by atoms with Gasteiger partial charge in [0.15, 0.2) is 5.82 Å². The molecule has 0 aromatic carbocycles. The minimum absolute atomic E-state index is 0.256. The van der Waals surface area contributed by atoms with Crippen LogP contribution < -0.4 is 4.72 Å². The maximum atomic E-state index is 12.4. The average Bonchev–Trinajstić information content (AvgIpc) is 2.87. The molecule has 0 bridgehead atoms. The van der Waals surface area contributed by atoms with Crippen LogP contribution in [0.2, 0.25) is 0 Å². The standard InChI is InChI=1S/C11H19N3O2S/c1-10(2,3)11(6-7-11)17(15,16)13-9-5-8-14(4)12-9/h5,8H,6-7H2,1-4H3,(H,12,13). The number of nitrogens with zero attached hydrogens (tertiary/aromatic N) is 2. The van der Waals surface area contributed by atoms with Crippen molar-refractivity contribution in [1.82, 2.24) is 9.78 Å². The Bertz CT molecular complexity index is 521. The molecule has 2 rings (SSSR count). The number of rotatable bonds is 3. The van der Waals surface area contributed by atoms with Crippen LogP contribution in [0.4, 0.5) is 5.82 Å². The highest BCUT2D eigenvalue weighted by atomic mass is 32.2. The monoisotopic (exact) mass is 257 g/mol. The second-order valence-corrected chi connectivity index (χ2v) is 7.72. The van der Waals surface area contributed by atoms with Crippen molar-refractivity contribution in [2.24, 2.45) is 12.5 Å². The maximum Gasteiger partial charge on any atom is 0.240 e. The van der Waals surface area contributed by atoms with Gasteiger partial charge >= 0.3 is 0 Å². The molecule has 96 valence electrons. The van der Waals surface area contributed by atoms with E-state index in [2.05, 4.69) is 9.82 Å². The Balaban J connectivity index is 2.27. The lowest BCUT2D eigenvalue weighted by Crippen LogP contribution is -2.40. The van der Waals surface area contributed by atoms with Crippen LogP contribution in [0, 0.1) is 5.41 Å². The summed E-state index contributed by atoms with van der Waals surface area (Å²) in [6.07, 6.45) is 3.16. The molecule has 0 saturated heterocycles. The lowest BCUT2D eigenvalue weighted by Gasteiger charge is -2.30. The number of aromatic nitrogens is 2. The Hall–Kier alpha value is -1.04. The van der Waals surface area contributed by atoms with Crippen molar-refractivity contribution < 1.29 is 8.42 Å². The van der Waals surface area contributed by atoms with Crippen LogP contribution in [0.25, 0.3) is 0 Å². The zero-order valence-corrected chi connectivity index (χ0v) is 11.5. The first-order valence-electron chi connectivity index (χ1n) is 5.70. The number of hydrogen-bond donors (Lipinski definition) is 1. The molecular weight excluding hydrogens is 238 g/mol. The van der Waals surface area contributed by atoms with Crippen LogP contribution in [-0.2, 0) is 17.1 Å². The van der Waals surface area contributed by atoms with Crippen LogP contribution in [0.1, 0.15) is 33.6 Å². The molecule has 0 aliphatic heterocycles. The summed E-state index contributed by atoms with van der Waals surface area (Å²) in [4.78, 5) is 0. The fraction of sp³-hybridized carbons (Fsp3) is 0.727. The van der Waals surface area contributed by atoms with Gasteiger partial charge in [-0.2, -0.15) is 5.10 Å². The minimum Gasteiger partial charge on any atom is -0.274 e. The number of anilines is 1. The molecule has 1 saturated carbocycles. The van der Waals surface area contributed by atoms with E-state index >= 15 is 0 Å². The molecule has 0 unspecified atom stereocenters. The minimum atomic E-state index is -3.37. The smallest absolute Gasteiger partial charge is 0.240 e. The fourth-order valence-corrected chi connectivity index (χ4v) is 4.27. The topological polar surface area (TPSA) is 64.0 Å². The maximum absolute atomic E-state index is 12.4. The zero-order valence-electron chi connectivity index (χ0n) is 10.7. The zero-order chi connectivity index (χ0) is 12.9. The largest absolute Gasteiger partial charge is 0.274 e. The van der Waals surface area contributed by atoms with Gasteiger partial charge in [-0.3, -0.25) is 9.40 Å². The van der Waals surface area contributed by atoms with Crippen molar-refractivity contribution in [2.45, 2.75) is 38.4 Å². The van der Waals surface area contributed by atoms with E-state index < -0.39 is 14.8 Å². The lowest BCUT2D eigenvalue weighted by molar-refractivity contribution is 0.363. The van der Waals surface area contributed by atoms with Gasteiger partial charge in [-0.1, -0.05) is 20.8 Å². The molecule has 1 N–H and O–H groups in total. The second-order valence-electron chi connectivity index (χ2n) is 5.72. The van der Waals surface area contributed by atoms with Gasteiger partial charge < -0.3 is 0 Å². The molecule has 1 aromatic heterocycles. The third-order valence-corrected chi connectivity index (χ3v) is 6.07. The van der Waals surface area contributed by atoms with Crippen molar-refractivity contribution in [3.8, 4) is 0 Å². The fourth-order valence-electron chi connectivity index (χ4n) is 2.24. The van der Waals surface area contributed by atoms with Crippen LogP contribution in [-0.4, -0.2) is 22.9 Å². The Morgan fingerprint density at radius 1 is 1.41 bits per heavy atom. The number of hydrogen-bond acceptors (Lipinski definition) is 3. The van der Waals surface area contributed by atoms with Gasteiger partial charge in [-0.05, 0) is 18.3 Å². The SMILES string of the molecule is Cn1ccc(NS(=O)(=O)C2(C(C)(C)C)CC2)n1. The van der Waals surface area contributed by atoms with E-state index in [0.29, 0.717) is 5.82 Å². The summed E-state index contributed by atoms with van der Waals surface area (Å²) < 4.78 is 28.3.